The Bertz CT molecular complexity index is 487. The van der Waals surface area contributed by atoms with E-state index in [2.05, 4.69) is 43.4 Å². The quantitative estimate of drug-likeness (QED) is 0.866. The van der Waals surface area contributed by atoms with Crippen molar-refractivity contribution < 1.29 is 4.42 Å². The van der Waals surface area contributed by atoms with Crippen LogP contribution in [0, 0.1) is 13.8 Å². The van der Waals surface area contributed by atoms with E-state index in [1.54, 1.807) is 0 Å². The summed E-state index contributed by atoms with van der Waals surface area (Å²) in [5.74, 6) is 1.94. The lowest BCUT2D eigenvalue weighted by molar-refractivity contribution is 0.435. The lowest BCUT2D eigenvalue weighted by Crippen LogP contribution is -2.21. The van der Waals surface area contributed by atoms with Crippen LogP contribution >= 0.6 is 0 Å². The molecule has 2 heteroatoms. The van der Waals surface area contributed by atoms with Gasteiger partial charge in [0.05, 0.1) is 6.04 Å². The van der Waals surface area contributed by atoms with E-state index < -0.39 is 0 Å². The van der Waals surface area contributed by atoms with Crippen LogP contribution in [0.5, 0.6) is 0 Å². The molecule has 0 amide bonds. The SMILES string of the molecule is CCNC(c1cccc(C)c1)c1ccc(C)o1. The molecular formula is C15H19NO. The molecule has 0 aliphatic carbocycles. The zero-order valence-corrected chi connectivity index (χ0v) is 10.7. The minimum Gasteiger partial charge on any atom is -0.464 e. The summed E-state index contributed by atoms with van der Waals surface area (Å²) in [5.41, 5.74) is 2.52. The first-order valence-corrected chi connectivity index (χ1v) is 6.07. The van der Waals surface area contributed by atoms with Gasteiger partial charge >= 0.3 is 0 Å². The van der Waals surface area contributed by atoms with Crippen molar-refractivity contribution in [3.8, 4) is 0 Å². The molecule has 1 N–H and O–H groups in total. The van der Waals surface area contributed by atoms with Crippen LogP contribution in [0.15, 0.2) is 40.8 Å². The van der Waals surface area contributed by atoms with Gasteiger partial charge in [-0.15, -0.1) is 0 Å². The predicted molar refractivity (Wildman–Crippen MR) is 70.1 cm³/mol. The summed E-state index contributed by atoms with van der Waals surface area (Å²) in [5, 5.41) is 3.46. The summed E-state index contributed by atoms with van der Waals surface area (Å²) in [6, 6.07) is 12.7. The van der Waals surface area contributed by atoms with Gasteiger partial charge < -0.3 is 9.73 Å². The molecule has 0 bridgehead atoms. The highest BCUT2D eigenvalue weighted by Crippen LogP contribution is 2.24. The van der Waals surface area contributed by atoms with Crippen molar-refractivity contribution in [3.63, 3.8) is 0 Å². The molecule has 2 aromatic rings. The van der Waals surface area contributed by atoms with Crippen LogP contribution in [0.4, 0.5) is 0 Å². The molecule has 0 fully saturated rings. The Hall–Kier alpha value is -1.54. The molecule has 0 radical (unpaired) electrons. The van der Waals surface area contributed by atoms with E-state index in [0.29, 0.717) is 0 Å². The fourth-order valence-electron chi connectivity index (χ4n) is 2.05. The van der Waals surface area contributed by atoms with Crippen LogP contribution in [0.1, 0.15) is 35.6 Å². The van der Waals surface area contributed by atoms with Crippen LogP contribution in [0.3, 0.4) is 0 Å². The van der Waals surface area contributed by atoms with Crippen molar-refractivity contribution in [2.75, 3.05) is 6.54 Å². The topological polar surface area (TPSA) is 25.2 Å². The molecule has 2 rings (SSSR count). The van der Waals surface area contributed by atoms with E-state index >= 15 is 0 Å². The summed E-state index contributed by atoms with van der Waals surface area (Å²) in [7, 11) is 0. The van der Waals surface area contributed by atoms with Gasteiger partial charge in [0.15, 0.2) is 0 Å². The number of nitrogens with one attached hydrogen (secondary N) is 1. The first kappa shape index (κ1) is 11.9. The largest absolute Gasteiger partial charge is 0.464 e. The highest BCUT2D eigenvalue weighted by atomic mass is 16.3. The zero-order chi connectivity index (χ0) is 12.3. The van der Waals surface area contributed by atoms with E-state index in [1.807, 2.05) is 19.1 Å². The summed E-state index contributed by atoms with van der Waals surface area (Å²) in [4.78, 5) is 0. The number of hydrogen-bond donors (Lipinski definition) is 1. The molecule has 1 atom stereocenters. The highest BCUT2D eigenvalue weighted by molar-refractivity contribution is 5.30. The Kier molecular flexibility index (Phi) is 3.64. The average Bonchev–Trinajstić information content (AvgIpc) is 2.72. The number of aryl methyl sites for hydroxylation is 2. The summed E-state index contributed by atoms with van der Waals surface area (Å²) >= 11 is 0. The molecule has 0 aliphatic rings. The molecule has 0 spiro atoms. The fourth-order valence-corrected chi connectivity index (χ4v) is 2.05. The van der Waals surface area contributed by atoms with E-state index in [-0.39, 0.29) is 6.04 Å². The lowest BCUT2D eigenvalue weighted by atomic mass is 10.0. The van der Waals surface area contributed by atoms with E-state index in [9.17, 15) is 0 Å². The first-order chi connectivity index (χ1) is 8.20. The standard InChI is InChI=1S/C15H19NO/c1-4-16-15(14-9-8-12(3)17-14)13-7-5-6-11(2)10-13/h5-10,15-16H,4H2,1-3H3. The van der Waals surface area contributed by atoms with Crippen molar-refractivity contribution in [2.24, 2.45) is 0 Å². The van der Waals surface area contributed by atoms with Gasteiger partial charge in [-0.25, -0.2) is 0 Å². The third-order valence-corrected chi connectivity index (χ3v) is 2.83. The Labute approximate surface area is 103 Å². The number of rotatable bonds is 4. The molecule has 17 heavy (non-hydrogen) atoms. The van der Waals surface area contributed by atoms with Crippen molar-refractivity contribution in [3.05, 3.63) is 59.0 Å². The Morgan fingerprint density at radius 1 is 1.18 bits per heavy atom. The van der Waals surface area contributed by atoms with Crippen LogP contribution in [-0.2, 0) is 0 Å². The number of benzene rings is 1. The van der Waals surface area contributed by atoms with Gasteiger partial charge in [-0.1, -0.05) is 36.8 Å². The predicted octanol–water partition coefficient (Wildman–Crippen LogP) is 3.60. The van der Waals surface area contributed by atoms with Crippen molar-refractivity contribution >= 4 is 0 Å². The third-order valence-electron chi connectivity index (χ3n) is 2.83. The maximum absolute atomic E-state index is 5.73. The van der Waals surface area contributed by atoms with Gasteiger partial charge in [-0.2, -0.15) is 0 Å². The van der Waals surface area contributed by atoms with Crippen LogP contribution in [0.2, 0.25) is 0 Å². The Morgan fingerprint density at radius 2 is 2.00 bits per heavy atom. The number of hydrogen-bond acceptors (Lipinski definition) is 2. The van der Waals surface area contributed by atoms with E-state index in [0.717, 1.165) is 18.1 Å². The maximum Gasteiger partial charge on any atom is 0.125 e. The molecule has 1 unspecified atom stereocenters. The molecule has 0 aliphatic heterocycles. The molecule has 90 valence electrons. The maximum atomic E-state index is 5.73. The smallest absolute Gasteiger partial charge is 0.125 e. The van der Waals surface area contributed by atoms with Gasteiger partial charge in [0.1, 0.15) is 11.5 Å². The van der Waals surface area contributed by atoms with Crippen LogP contribution in [0.25, 0.3) is 0 Å². The molecule has 1 heterocycles. The minimum atomic E-state index is 0.147. The second-order valence-corrected chi connectivity index (χ2v) is 4.35. The average molecular weight is 229 g/mol. The van der Waals surface area contributed by atoms with Crippen molar-refractivity contribution in [2.45, 2.75) is 26.8 Å². The van der Waals surface area contributed by atoms with Crippen molar-refractivity contribution in [1.82, 2.24) is 5.32 Å². The third kappa shape index (κ3) is 2.77. The van der Waals surface area contributed by atoms with E-state index in [4.69, 9.17) is 4.42 Å². The second-order valence-electron chi connectivity index (χ2n) is 4.35. The van der Waals surface area contributed by atoms with Gasteiger partial charge in [0.2, 0.25) is 0 Å². The summed E-state index contributed by atoms with van der Waals surface area (Å²) in [6.45, 7) is 7.11. The van der Waals surface area contributed by atoms with Gasteiger partial charge in [-0.05, 0) is 38.1 Å². The van der Waals surface area contributed by atoms with E-state index in [1.165, 1.54) is 11.1 Å². The van der Waals surface area contributed by atoms with Gasteiger partial charge in [-0.3, -0.25) is 0 Å². The second kappa shape index (κ2) is 5.19. The monoisotopic (exact) mass is 229 g/mol. The normalized spacial score (nSPS) is 12.6. The van der Waals surface area contributed by atoms with Gasteiger partial charge in [0.25, 0.3) is 0 Å². The molecule has 0 saturated carbocycles. The fraction of sp³-hybridized carbons (Fsp3) is 0.333. The lowest BCUT2D eigenvalue weighted by Gasteiger charge is -2.16. The Morgan fingerprint density at radius 3 is 2.59 bits per heavy atom. The first-order valence-electron chi connectivity index (χ1n) is 6.07. The summed E-state index contributed by atoms with van der Waals surface area (Å²) in [6.07, 6.45) is 0. The zero-order valence-electron chi connectivity index (χ0n) is 10.7. The van der Waals surface area contributed by atoms with Crippen LogP contribution in [-0.4, -0.2) is 6.54 Å². The van der Waals surface area contributed by atoms with Gasteiger partial charge in [0, 0.05) is 0 Å². The van der Waals surface area contributed by atoms with Crippen LogP contribution < -0.4 is 5.32 Å². The Balaban J connectivity index is 2.35. The highest BCUT2D eigenvalue weighted by Gasteiger charge is 2.16. The minimum absolute atomic E-state index is 0.147. The molecule has 1 aromatic heterocycles. The van der Waals surface area contributed by atoms with Crippen molar-refractivity contribution in [1.29, 1.82) is 0 Å². The summed E-state index contributed by atoms with van der Waals surface area (Å²) < 4.78 is 5.73. The molecule has 0 saturated heterocycles. The molecular weight excluding hydrogens is 210 g/mol. The number of furan rings is 1. The molecule has 2 nitrogen and oxygen atoms in total. The molecule has 1 aromatic carbocycles.